The summed E-state index contributed by atoms with van der Waals surface area (Å²) in [7, 11) is 3.97. The molecule has 1 aromatic carbocycles. The third-order valence-corrected chi connectivity index (χ3v) is 2.90. The third kappa shape index (κ3) is 3.00. The molecule has 94 valence electrons. The number of aromatic nitrogens is 1. The minimum Gasteiger partial charge on any atom is -0.373 e. The van der Waals surface area contributed by atoms with E-state index in [4.69, 9.17) is 0 Å². The molecule has 0 spiro atoms. The zero-order valence-electron chi connectivity index (χ0n) is 11.1. The Morgan fingerprint density at radius 3 is 2.67 bits per heavy atom. The normalized spacial score (nSPS) is 10.2. The summed E-state index contributed by atoms with van der Waals surface area (Å²) in [6.07, 6.45) is 0. The smallest absolute Gasteiger partial charge is 0.126 e. The molecule has 0 aliphatic carbocycles. The van der Waals surface area contributed by atoms with Crippen LogP contribution in [-0.4, -0.2) is 19.1 Å². The molecule has 0 atom stereocenters. The molecule has 0 saturated heterocycles. The van der Waals surface area contributed by atoms with E-state index < -0.39 is 0 Å². The van der Waals surface area contributed by atoms with Crippen molar-refractivity contribution in [1.82, 2.24) is 4.98 Å². The van der Waals surface area contributed by atoms with Gasteiger partial charge in [-0.05, 0) is 36.8 Å². The fourth-order valence-electron chi connectivity index (χ4n) is 1.91. The standard InChI is InChI=1S/C15H19N3/c1-12-6-4-8-14(10-12)18(3)11-13-7-5-9-15(16-2)17-13/h4-10H,11H2,1-3H3,(H,16,17). The van der Waals surface area contributed by atoms with Gasteiger partial charge in [0.2, 0.25) is 0 Å². The molecule has 1 aromatic heterocycles. The van der Waals surface area contributed by atoms with Gasteiger partial charge in [-0.25, -0.2) is 4.98 Å². The van der Waals surface area contributed by atoms with E-state index in [9.17, 15) is 0 Å². The summed E-state index contributed by atoms with van der Waals surface area (Å²) in [5, 5.41) is 3.06. The van der Waals surface area contributed by atoms with Crippen molar-refractivity contribution in [3.8, 4) is 0 Å². The van der Waals surface area contributed by atoms with E-state index in [1.165, 1.54) is 11.3 Å². The van der Waals surface area contributed by atoms with Gasteiger partial charge in [-0.15, -0.1) is 0 Å². The number of nitrogens with one attached hydrogen (secondary N) is 1. The lowest BCUT2D eigenvalue weighted by molar-refractivity contribution is 0.885. The van der Waals surface area contributed by atoms with Crippen LogP contribution in [0, 0.1) is 6.92 Å². The molecule has 0 aliphatic heterocycles. The van der Waals surface area contributed by atoms with Crippen LogP contribution >= 0.6 is 0 Å². The van der Waals surface area contributed by atoms with Crippen molar-refractivity contribution in [2.45, 2.75) is 13.5 Å². The van der Waals surface area contributed by atoms with Crippen LogP contribution in [0.25, 0.3) is 0 Å². The topological polar surface area (TPSA) is 28.2 Å². The van der Waals surface area contributed by atoms with Gasteiger partial charge in [0, 0.05) is 19.8 Å². The minimum atomic E-state index is 0.805. The molecule has 2 aromatic rings. The first-order chi connectivity index (χ1) is 8.69. The summed E-state index contributed by atoms with van der Waals surface area (Å²) in [5.74, 6) is 0.908. The van der Waals surface area contributed by atoms with Crippen molar-refractivity contribution in [2.24, 2.45) is 0 Å². The van der Waals surface area contributed by atoms with E-state index in [1.807, 2.05) is 25.2 Å². The van der Waals surface area contributed by atoms with E-state index >= 15 is 0 Å². The molecule has 3 nitrogen and oxygen atoms in total. The van der Waals surface area contributed by atoms with Gasteiger partial charge in [-0.1, -0.05) is 18.2 Å². The average Bonchev–Trinajstić information content (AvgIpc) is 2.39. The van der Waals surface area contributed by atoms with Crippen LogP contribution in [0.5, 0.6) is 0 Å². The highest BCUT2D eigenvalue weighted by Gasteiger charge is 2.03. The maximum atomic E-state index is 4.53. The molecule has 2 rings (SSSR count). The zero-order chi connectivity index (χ0) is 13.0. The van der Waals surface area contributed by atoms with Gasteiger partial charge >= 0.3 is 0 Å². The molecule has 1 N–H and O–H groups in total. The Morgan fingerprint density at radius 2 is 1.94 bits per heavy atom. The van der Waals surface area contributed by atoms with Crippen molar-refractivity contribution >= 4 is 11.5 Å². The highest BCUT2D eigenvalue weighted by molar-refractivity contribution is 5.48. The number of pyridine rings is 1. The van der Waals surface area contributed by atoms with Gasteiger partial charge in [0.05, 0.1) is 12.2 Å². The van der Waals surface area contributed by atoms with Gasteiger partial charge in [0.15, 0.2) is 0 Å². The molecule has 0 saturated carbocycles. The first-order valence-electron chi connectivity index (χ1n) is 6.10. The summed E-state index contributed by atoms with van der Waals surface area (Å²) >= 11 is 0. The second-order valence-corrected chi connectivity index (χ2v) is 4.46. The molecule has 0 aliphatic rings. The van der Waals surface area contributed by atoms with E-state index in [0.717, 1.165) is 18.1 Å². The number of nitrogens with zero attached hydrogens (tertiary/aromatic N) is 2. The minimum absolute atomic E-state index is 0.805. The summed E-state index contributed by atoms with van der Waals surface area (Å²) in [6.45, 7) is 2.91. The van der Waals surface area contributed by atoms with Gasteiger partial charge in [0.1, 0.15) is 5.82 Å². The SMILES string of the molecule is CNc1cccc(CN(C)c2cccc(C)c2)n1. The number of aryl methyl sites for hydroxylation is 1. The Bertz CT molecular complexity index is 523. The van der Waals surface area contributed by atoms with Crippen molar-refractivity contribution < 1.29 is 0 Å². The van der Waals surface area contributed by atoms with E-state index in [2.05, 4.69) is 53.4 Å². The molecule has 0 fully saturated rings. The molecular weight excluding hydrogens is 222 g/mol. The van der Waals surface area contributed by atoms with Gasteiger partial charge in [-0.2, -0.15) is 0 Å². The van der Waals surface area contributed by atoms with Crippen LogP contribution in [0.1, 0.15) is 11.3 Å². The predicted octanol–water partition coefficient (Wildman–Crippen LogP) is 3.07. The van der Waals surface area contributed by atoms with Crippen molar-refractivity contribution in [3.05, 3.63) is 53.7 Å². The monoisotopic (exact) mass is 241 g/mol. The summed E-state index contributed by atoms with van der Waals surface area (Å²) in [4.78, 5) is 6.73. The van der Waals surface area contributed by atoms with Crippen molar-refractivity contribution in [3.63, 3.8) is 0 Å². The van der Waals surface area contributed by atoms with Gasteiger partial charge in [-0.3, -0.25) is 0 Å². The van der Waals surface area contributed by atoms with Crippen LogP contribution in [0.4, 0.5) is 11.5 Å². The maximum absolute atomic E-state index is 4.53. The quantitative estimate of drug-likeness (QED) is 0.891. The molecule has 1 heterocycles. The lowest BCUT2D eigenvalue weighted by atomic mass is 10.2. The summed E-state index contributed by atoms with van der Waals surface area (Å²) < 4.78 is 0. The second-order valence-electron chi connectivity index (χ2n) is 4.46. The first kappa shape index (κ1) is 12.4. The highest BCUT2D eigenvalue weighted by atomic mass is 15.1. The second kappa shape index (κ2) is 5.54. The highest BCUT2D eigenvalue weighted by Crippen LogP contribution is 2.16. The Labute approximate surface area is 108 Å². The van der Waals surface area contributed by atoms with Crippen molar-refractivity contribution in [1.29, 1.82) is 0 Å². The molecule has 0 radical (unpaired) electrons. The third-order valence-electron chi connectivity index (χ3n) is 2.90. The summed E-state index contributed by atoms with van der Waals surface area (Å²) in [6, 6.07) is 14.5. The fourth-order valence-corrected chi connectivity index (χ4v) is 1.91. The number of benzene rings is 1. The molecular formula is C15H19N3. The average molecular weight is 241 g/mol. The Morgan fingerprint density at radius 1 is 1.17 bits per heavy atom. The lowest BCUT2D eigenvalue weighted by Crippen LogP contribution is -2.17. The molecule has 0 amide bonds. The Kier molecular flexibility index (Phi) is 3.82. The number of hydrogen-bond acceptors (Lipinski definition) is 3. The van der Waals surface area contributed by atoms with Crippen LogP contribution in [-0.2, 0) is 6.54 Å². The predicted molar refractivity (Wildman–Crippen MR) is 77.1 cm³/mol. The summed E-state index contributed by atoms with van der Waals surface area (Å²) in [5.41, 5.74) is 3.55. The van der Waals surface area contributed by atoms with Gasteiger partial charge < -0.3 is 10.2 Å². The van der Waals surface area contributed by atoms with E-state index in [-0.39, 0.29) is 0 Å². The first-order valence-corrected chi connectivity index (χ1v) is 6.10. The van der Waals surface area contributed by atoms with Crippen LogP contribution < -0.4 is 10.2 Å². The van der Waals surface area contributed by atoms with E-state index in [0.29, 0.717) is 0 Å². The number of rotatable bonds is 4. The van der Waals surface area contributed by atoms with Crippen molar-refractivity contribution in [2.75, 3.05) is 24.3 Å². The van der Waals surface area contributed by atoms with Crippen LogP contribution in [0.2, 0.25) is 0 Å². The molecule has 3 heteroatoms. The fraction of sp³-hybridized carbons (Fsp3) is 0.267. The maximum Gasteiger partial charge on any atom is 0.126 e. The van der Waals surface area contributed by atoms with Gasteiger partial charge in [0.25, 0.3) is 0 Å². The number of anilines is 2. The largest absolute Gasteiger partial charge is 0.373 e. The molecule has 0 unspecified atom stereocenters. The zero-order valence-corrected chi connectivity index (χ0v) is 11.1. The molecule has 0 bridgehead atoms. The van der Waals surface area contributed by atoms with Crippen LogP contribution in [0.15, 0.2) is 42.5 Å². The molecule has 18 heavy (non-hydrogen) atoms. The van der Waals surface area contributed by atoms with Crippen LogP contribution in [0.3, 0.4) is 0 Å². The number of hydrogen-bond donors (Lipinski definition) is 1. The Balaban J connectivity index is 2.13. The Hall–Kier alpha value is -2.03. The lowest BCUT2D eigenvalue weighted by Gasteiger charge is -2.19. The van der Waals surface area contributed by atoms with E-state index in [1.54, 1.807) is 0 Å².